The molecule has 8 heteroatoms. The van der Waals surface area contributed by atoms with Crippen LogP contribution in [-0.4, -0.2) is 65.8 Å². The lowest BCUT2D eigenvalue weighted by molar-refractivity contribution is 0.0109. The van der Waals surface area contributed by atoms with Crippen molar-refractivity contribution in [1.82, 2.24) is 14.8 Å². The number of aliphatic hydroxyl groups is 1. The summed E-state index contributed by atoms with van der Waals surface area (Å²) in [6.45, 7) is 3.19. The molecule has 2 fully saturated rings. The highest BCUT2D eigenvalue weighted by atomic mass is 19.1. The fourth-order valence-corrected chi connectivity index (χ4v) is 5.81. The van der Waals surface area contributed by atoms with Crippen molar-refractivity contribution in [3.63, 3.8) is 0 Å². The van der Waals surface area contributed by atoms with E-state index in [1.54, 1.807) is 24.1 Å². The first kappa shape index (κ1) is 21.4. The summed E-state index contributed by atoms with van der Waals surface area (Å²) in [5.74, 6) is 1.21. The third-order valence-corrected chi connectivity index (χ3v) is 7.54. The number of methoxy groups -OCH3 is 1. The van der Waals surface area contributed by atoms with E-state index in [1.807, 2.05) is 12.1 Å². The quantitative estimate of drug-likeness (QED) is 0.536. The predicted molar refractivity (Wildman–Crippen MR) is 128 cm³/mol. The van der Waals surface area contributed by atoms with Gasteiger partial charge in [-0.2, -0.15) is 0 Å². The topological polar surface area (TPSA) is 80.8 Å². The summed E-state index contributed by atoms with van der Waals surface area (Å²) >= 11 is 0. The molecule has 6 rings (SSSR count). The zero-order valence-corrected chi connectivity index (χ0v) is 19.2. The predicted octanol–water partition coefficient (Wildman–Crippen LogP) is 3.86. The number of benzene rings is 2. The lowest BCUT2D eigenvalue weighted by atomic mass is 9.68. The Hall–Kier alpha value is -3.10. The van der Waals surface area contributed by atoms with Crippen molar-refractivity contribution in [3.05, 3.63) is 59.5 Å². The molecule has 34 heavy (non-hydrogen) atoms. The van der Waals surface area contributed by atoms with Gasteiger partial charge in [-0.15, -0.1) is 0 Å². The van der Waals surface area contributed by atoms with Gasteiger partial charge in [0.1, 0.15) is 11.6 Å². The van der Waals surface area contributed by atoms with Crippen LogP contribution in [0.25, 0.3) is 10.9 Å². The van der Waals surface area contributed by atoms with Crippen LogP contribution in [0.1, 0.15) is 30.1 Å². The molecular weight excluding hydrogens is 435 g/mol. The Bertz CT molecular complexity index is 1230. The lowest BCUT2D eigenvalue weighted by Crippen LogP contribution is -2.67. The van der Waals surface area contributed by atoms with Crippen molar-refractivity contribution < 1.29 is 19.0 Å². The molecule has 0 bridgehead atoms. The van der Waals surface area contributed by atoms with E-state index in [1.165, 1.54) is 30.5 Å². The second-order valence-electron chi connectivity index (χ2n) is 9.98. The van der Waals surface area contributed by atoms with E-state index in [-0.39, 0.29) is 23.9 Å². The van der Waals surface area contributed by atoms with Crippen LogP contribution < -0.4 is 10.1 Å². The van der Waals surface area contributed by atoms with Crippen LogP contribution in [0.15, 0.2) is 42.5 Å². The number of carbonyl (C=O) groups excluding carboxylic acids is 1. The molecular formula is C26H29FN4O3. The van der Waals surface area contributed by atoms with Crippen LogP contribution in [0.4, 0.5) is 14.9 Å². The number of likely N-dealkylation sites (tertiary alicyclic amines) is 1. The van der Waals surface area contributed by atoms with Crippen LogP contribution >= 0.6 is 0 Å². The second kappa shape index (κ2) is 7.99. The summed E-state index contributed by atoms with van der Waals surface area (Å²) in [6.07, 6.45) is 2.61. The molecule has 2 aromatic carbocycles. The van der Waals surface area contributed by atoms with Gasteiger partial charge in [0.25, 0.3) is 0 Å². The maximum atomic E-state index is 13.4. The number of hydrogen-bond acceptors (Lipinski definition) is 4. The molecule has 1 aliphatic carbocycles. The fourth-order valence-electron chi connectivity index (χ4n) is 5.81. The van der Waals surface area contributed by atoms with Crippen molar-refractivity contribution in [3.8, 4) is 5.75 Å². The molecule has 178 valence electrons. The smallest absolute Gasteiger partial charge is 0.322 e. The summed E-state index contributed by atoms with van der Waals surface area (Å²) in [5, 5.41) is 14.4. The zero-order chi connectivity index (χ0) is 23.4. The minimum Gasteiger partial charge on any atom is -0.497 e. The van der Waals surface area contributed by atoms with E-state index in [0.717, 1.165) is 47.9 Å². The number of amides is 2. The number of carbonyl (C=O) groups is 1. The number of ether oxygens (including phenoxy) is 1. The Kier molecular flexibility index (Phi) is 5.04. The molecule has 3 aliphatic rings. The van der Waals surface area contributed by atoms with Gasteiger partial charge in [0.2, 0.25) is 0 Å². The minimum atomic E-state index is -0.503. The maximum absolute atomic E-state index is 13.4. The van der Waals surface area contributed by atoms with Crippen molar-refractivity contribution in [2.45, 2.75) is 24.3 Å². The molecule has 1 atom stereocenters. The number of aromatic nitrogens is 1. The molecule has 3 heterocycles. The third kappa shape index (κ3) is 3.52. The number of urea groups is 1. The SMILES string of the molecule is COc1ccc2c3c([nH]c2c1)[C@@H](CO)N(C(=O)Nc1ccc(F)cc1)CC31CN(CC2CC2)C1. The molecule has 1 saturated carbocycles. The molecule has 1 spiro atoms. The summed E-state index contributed by atoms with van der Waals surface area (Å²) in [6, 6.07) is 10.9. The Morgan fingerprint density at radius 1 is 1.21 bits per heavy atom. The summed E-state index contributed by atoms with van der Waals surface area (Å²) in [7, 11) is 1.64. The molecule has 3 aromatic rings. The van der Waals surface area contributed by atoms with Gasteiger partial charge in [0.05, 0.1) is 19.8 Å². The lowest BCUT2D eigenvalue weighted by Gasteiger charge is -2.56. The van der Waals surface area contributed by atoms with E-state index in [9.17, 15) is 14.3 Å². The van der Waals surface area contributed by atoms with Crippen molar-refractivity contribution >= 4 is 22.6 Å². The van der Waals surface area contributed by atoms with E-state index in [2.05, 4.69) is 21.3 Å². The van der Waals surface area contributed by atoms with Gasteiger partial charge in [-0.3, -0.25) is 0 Å². The number of H-pyrrole nitrogens is 1. The van der Waals surface area contributed by atoms with Crippen LogP contribution in [-0.2, 0) is 5.41 Å². The van der Waals surface area contributed by atoms with Gasteiger partial charge < -0.3 is 29.9 Å². The number of aliphatic hydroxyl groups excluding tert-OH is 1. The monoisotopic (exact) mass is 464 g/mol. The minimum absolute atomic E-state index is 0.199. The van der Waals surface area contributed by atoms with Gasteiger partial charge in [0, 0.05) is 59.9 Å². The first-order chi connectivity index (χ1) is 16.5. The molecule has 3 N–H and O–H groups in total. The molecule has 0 radical (unpaired) electrons. The van der Waals surface area contributed by atoms with Crippen molar-refractivity contribution in [2.24, 2.45) is 5.92 Å². The van der Waals surface area contributed by atoms with E-state index in [0.29, 0.717) is 12.2 Å². The molecule has 2 aliphatic heterocycles. The second-order valence-corrected chi connectivity index (χ2v) is 9.98. The Morgan fingerprint density at radius 2 is 1.97 bits per heavy atom. The summed E-state index contributed by atoms with van der Waals surface area (Å²) < 4.78 is 18.8. The van der Waals surface area contributed by atoms with Crippen LogP contribution in [0.3, 0.4) is 0 Å². The largest absolute Gasteiger partial charge is 0.497 e. The highest BCUT2D eigenvalue weighted by Crippen LogP contribution is 2.49. The number of nitrogens with one attached hydrogen (secondary N) is 2. The number of hydrogen-bond donors (Lipinski definition) is 3. The Balaban J connectivity index is 1.38. The average molecular weight is 465 g/mol. The third-order valence-electron chi connectivity index (χ3n) is 7.54. The molecule has 1 aromatic heterocycles. The number of halogens is 1. The van der Waals surface area contributed by atoms with Crippen LogP contribution in [0.5, 0.6) is 5.75 Å². The van der Waals surface area contributed by atoms with Gasteiger partial charge in [0.15, 0.2) is 0 Å². The van der Waals surface area contributed by atoms with Crippen LogP contribution in [0, 0.1) is 11.7 Å². The summed E-state index contributed by atoms with van der Waals surface area (Å²) in [5.41, 5.74) is 3.36. The normalized spacial score (nSPS) is 21.4. The molecule has 2 amide bonds. The Labute approximate surface area is 197 Å². The average Bonchev–Trinajstić information content (AvgIpc) is 3.55. The number of fused-ring (bicyclic) bond motifs is 4. The van der Waals surface area contributed by atoms with E-state index < -0.39 is 6.04 Å². The highest BCUT2D eigenvalue weighted by Gasteiger charge is 2.54. The number of aromatic amines is 1. The number of rotatable bonds is 5. The maximum Gasteiger partial charge on any atom is 0.322 e. The van der Waals surface area contributed by atoms with Gasteiger partial charge >= 0.3 is 6.03 Å². The number of anilines is 1. The van der Waals surface area contributed by atoms with Gasteiger partial charge in [-0.25, -0.2) is 9.18 Å². The number of nitrogens with zero attached hydrogens (tertiary/aromatic N) is 2. The van der Waals surface area contributed by atoms with E-state index >= 15 is 0 Å². The molecule has 0 unspecified atom stereocenters. The Morgan fingerprint density at radius 3 is 2.65 bits per heavy atom. The van der Waals surface area contributed by atoms with E-state index in [4.69, 9.17) is 4.74 Å². The first-order valence-electron chi connectivity index (χ1n) is 11.9. The molecule has 1 saturated heterocycles. The highest BCUT2D eigenvalue weighted by molar-refractivity contribution is 5.92. The fraction of sp³-hybridized carbons (Fsp3) is 0.423. The zero-order valence-electron chi connectivity index (χ0n) is 19.2. The molecule has 7 nitrogen and oxygen atoms in total. The first-order valence-corrected chi connectivity index (χ1v) is 11.9. The van der Waals surface area contributed by atoms with Gasteiger partial charge in [-0.1, -0.05) is 0 Å². The van der Waals surface area contributed by atoms with Gasteiger partial charge in [-0.05, 0) is 60.7 Å². The van der Waals surface area contributed by atoms with Crippen molar-refractivity contribution in [2.75, 3.05) is 45.2 Å². The van der Waals surface area contributed by atoms with Crippen LogP contribution in [0.2, 0.25) is 0 Å². The summed E-state index contributed by atoms with van der Waals surface area (Å²) in [4.78, 5) is 21.1. The van der Waals surface area contributed by atoms with Crippen molar-refractivity contribution in [1.29, 1.82) is 0 Å². The standard InChI is InChI=1S/C26H29FN4O3/c1-34-19-8-9-20-21(10-19)29-24-22(12-32)31(25(33)28-18-6-4-17(27)5-7-18)15-26(23(20)24)13-30(14-26)11-16-2-3-16/h4-10,16,22,29,32H,2-3,11-15H2,1H3,(H,28,33)/t22-/m1/s1.